The van der Waals surface area contributed by atoms with E-state index in [1.54, 1.807) is 0 Å². The molecule has 0 heterocycles. The fraction of sp³-hybridized carbons (Fsp3) is 0.909. The van der Waals surface area contributed by atoms with Gasteiger partial charge >= 0.3 is 0 Å². The maximum Gasteiger partial charge on any atom is 0.224 e. The molecule has 0 saturated heterocycles. The van der Waals surface area contributed by atoms with Crippen LogP contribution in [-0.4, -0.2) is 37.0 Å². The van der Waals surface area contributed by atoms with E-state index < -0.39 is 0 Å². The summed E-state index contributed by atoms with van der Waals surface area (Å²) in [6, 6.07) is 0.411. The third-order valence-electron chi connectivity index (χ3n) is 3.02. The Balaban J connectivity index is 2.27. The molecule has 0 radical (unpaired) electrons. The van der Waals surface area contributed by atoms with E-state index in [0.717, 1.165) is 24.6 Å². The summed E-state index contributed by atoms with van der Waals surface area (Å²) in [7, 11) is 1.88. The standard InChI is InChI=1S/C11H22N2OS/c1-8(7-12-2)11(14)13-9-4-5-10(6-9)15-3/h8-10,12H,4-7H2,1-3H3,(H,13,14). The molecule has 1 rings (SSSR count). The van der Waals surface area contributed by atoms with Gasteiger partial charge in [0.25, 0.3) is 0 Å². The Kier molecular flexibility index (Phi) is 5.47. The quantitative estimate of drug-likeness (QED) is 0.747. The zero-order valence-electron chi connectivity index (χ0n) is 9.88. The first-order valence-electron chi connectivity index (χ1n) is 5.65. The molecule has 0 aromatic carbocycles. The number of nitrogens with one attached hydrogen (secondary N) is 2. The number of thioether (sulfide) groups is 1. The van der Waals surface area contributed by atoms with Crippen molar-refractivity contribution in [1.82, 2.24) is 10.6 Å². The highest BCUT2D eigenvalue weighted by atomic mass is 32.2. The molecular weight excluding hydrogens is 208 g/mol. The molecule has 15 heavy (non-hydrogen) atoms. The summed E-state index contributed by atoms with van der Waals surface area (Å²) in [6.07, 6.45) is 5.67. The van der Waals surface area contributed by atoms with Crippen molar-refractivity contribution in [1.29, 1.82) is 0 Å². The van der Waals surface area contributed by atoms with E-state index in [0.29, 0.717) is 6.04 Å². The Morgan fingerprint density at radius 2 is 2.27 bits per heavy atom. The molecule has 0 aromatic heterocycles. The van der Waals surface area contributed by atoms with Crippen LogP contribution < -0.4 is 10.6 Å². The average Bonchev–Trinajstić information content (AvgIpc) is 2.66. The number of carbonyl (C=O) groups excluding carboxylic acids is 1. The van der Waals surface area contributed by atoms with Gasteiger partial charge in [-0.3, -0.25) is 4.79 Å². The molecule has 0 aromatic rings. The fourth-order valence-corrected chi connectivity index (χ4v) is 2.82. The van der Waals surface area contributed by atoms with E-state index in [1.807, 2.05) is 25.7 Å². The lowest BCUT2D eigenvalue weighted by Gasteiger charge is -2.16. The first-order chi connectivity index (χ1) is 7.17. The SMILES string of the molecule is CNCC(C)C(=O)NC1CCC(SC)C1. The largest absolute Gasteiger partial charge is 0.353 e. The van der Waals surface area contributed by atoms with Crippen molar-refractivity contribution in [2.75, 3.05) is 19.8 Å². The van der Waals surface area contributed by atoms with Crippen molar-refractivity contribution in [2.24, 2.45) is 5.92 Å². The van der Waals surface area contributed by atoms with Gasteiger partial charge in [0, 0.05) is 23.8 Å². The van der Waals surface area contributed by atoms with Gasteiger partial charge in [0.05, 0.1) is 0 Å². The van der Waals surface area contributed by atoms with Crippen molar-refractivity contribution in [3.8, 4) is 0 Å². The van der Waals surface area contributed by atoms with Gasteiger partial charge in [0.1, 0.15) is 0 Å². The van der Waals surface area contributed by atoms with E-state index in [9.17, 15) is 4.79 Å². The highest BCUT2D eigenvalue weighted by Crippen LogP contribution is 2.28. The van der Waals surface area contributed by atoms with Crippen LogP contribution in [-0.2, 0) is 4.79 Å². The smallest absolute Gasteiger partial charge is 0.224 e. The third-order valence-corrected chi connectivity index (χ3v) is 4.12. The molecule has 4 heteroatoms. The van der Waals surface area contributed by atoms with Crippen molar-refractivity contribution in [3.05, 3.63) is 0 Å². The molecule has 3 unspecified atom stereocenters. The summed E-state index contributed by atoms with van der Waals surface area (Å²) < 4.78 is 0. The van der Waals surface area contributed by atoms with Crippen LogP contribution in [0.1, 0.15) is 26.2 Å². The van der Waals surface area contributed by atoms with Gasteiger partial charge in [-0.25, -0.2) is 0 Å². The van der Waals surface area contributed by atoms with Crippen LogP contribution in [0.3, 0.4) is 0 Å². The van der Waals surface area contributed by atoms with E-state index in [-0.39, 0.29) is 11.8 Å². The van der Waals surface area contributed by atoms with Crippen molar-refractivity contribution in [3.63, 3.8) is 0 Å². The van der Waals surface area contributed by atoms with Gasteiger partial charge in [0.2, 0.25) is 5.91 Å². The number of hydrogen-bond acceptors (Lipinski definition) is 3. The van der Waals surface area contributed by atoms with E-state index >= 15 is 0 Å². The van der Waals surface area contributed by atoms with Gasteiger partial charge in [-0.05, 0) is 32.6 Å². The van der Waals surface area contributed by atoms with Crippen LogP contribution in [0.5, 0.6) is 0 Å². The second kappa shape index (κ2) is 6.38. The van der Waals surface area contributed by atoms with Crippen molar-refractivity contribution >= 4 is 17.7 Å². The Labute approximate surface area is 96.8 Å². The molecule has 3 nitrogen and oxygen atoms in total. The van der Waals surface area contributed by atoms with Crippen LogP contribution in [0.15, 0.2) is 0 Å². The molecule has 1 fully saturated rings. The summed E-state index contributed by atoms with van der Waals surface area (Å²) in [6.45, 7) is 2.72. The first kappa shape index (κ1) is 12.8. The number of amides is 1. The summed E-state index contributed by atoms with van der Waals surface area (Å²) in [5.74, 6) is 0.263. The maximum atomic E-state index is 11.7. The van der Waals surface area contributed by atoms with Gasteiger partial charge in [-0.2, -0.15) is 11.8 Å². The minimum absolute atomic E-state index is 0.0725. The lowest BCUT2D eigenvalue weighted by Crippen LogP contribution is -2.39. The molecule has 1 saturated carbocycles. The predicted octanol–water partition coefficient (Wildman–Crippen LogP) is 1.24. The number of hydrogen-bond donors (Lipinski definition) is 2. The Hall–Kier alpha value is -0.220. The molecule has 0 spiro atoms. The van der Waals surface area contributed by atoms with Gasteiger partial charge in [0.15, 0.2) is 0 Å². The van der Waals surface area contributed by atoms with E-state index in [4.69, 9.17) is 0 Å². The molecular formula is C11H22N2OS. The van der Waals surface area contributed by atoms with Crippen LogP contribution in [0.4, 0.5) is 0 Å². The zero-order valence-corrected chi connectivity index (χ0v) is 10.7. The second-order valence-corrected chi connectivity index (χ2v) is 5.47. The molecule has 0 bridgehead atoms. The number of carbonyl (C=O) groups is 1. The van der Waals surface area contributed by atoms with Crippen LogP contribution in [0, 0.1) is 5.92 Å². The Bertz CT molecular complexity index is 211. The highest BCUT2D eigenvalue weighted by Gasteiger charge is 2.26. The minimum atomic E-state index is 0.0725. The lowest BCUT2D eigenvalue weighted by atomic mass is 10.1. The highest BCUT2D eigenvalue weighted by molar-refractivity contribution is 7.99. The lowest BCUT2D eigenvalue weighted by molar-refractivity contribution is -0.125. The normalized spacial score (nSPS) is 27.7. The van der Waals surface area contributed by atoms with Crippen molar-refractivity contribution < 1.29 is 4.79 Å². The zero-order chi connectivity index (χ0) is 11.3. The average molecular weight is 230 g/mol. The second-order valence-electron chi connectivity index (χ2n) is 4.34. The van der Waals surface area contributed by atoms with E-state index in [2.05, 4.69) is 16.9 Å². The Morgan fingerprint density at radius 3 is 2.80 bits per heavy atom. The number of rotatable bonds is 5. The van der Waals surface area contributed by atoms with Crippen LogP contribution >= 0.6 is 11.8 Å². The molecule has 0 aliphatic heterocycles. The molecule has 2 N–H and O–H groups in total. The molecule has 3 atom stereocenters. The molecule has 88 valence electrons. The van der Waals surface area contributed by atoms with Crippen LogP contribution in [0.25, 0.3) is 0 Å². The van der Waals surface area contributed by atoms with Gasteiger partial charge in [-0.1, -0.05) is 6.92 Å². The predicted molar refractivity (Wildman–Crippen MR) is 66.2 cm³/mol. The van der Waals surface area contributed by atoms with Crippen molar-refractivity contribution in [2.45, 2.75) is 37.5 Å². The van der Waals surface area contributed by atoms with Gasteiger partial charge < -0.3 is 10.6 Å². The maximum absolute atomic E-state index is 11.7. The summed E-state index contributed by atoms with van der Waals surface area (Å²) >= 11 is 1.92. The Morgan fingerprint density at radius 1 is 1.53 bits per heavy atom. The van der Waals surface area contributed by atoms with E-state index in [1.165, 1.54) is 6.42 Å². The van der Waals surface area contributed by atoms with Crippen LogP contribution in [0.2, 0.25) is 0 Å². The molecule has 1 amide bonds. The van der Waals surface area contributed by atoms with Gasteiger partial charge in [-0.15, -0.1) is 0 Å². The summed E-state index contributed by atoms with van der Waals surface area (Å²) in [5.41, 5.74) is 0. The molecule has 1 aliphatic rings. The fourth-order valence-electron chi connectivity index (χ4n) is 2.03. The topological polar surface area (TPSA) is 41.1 Å². The monoisotopic (exact) mass is 230 g/mol. The summed E-state index contributed by atoms with van der Waals surface area (Å²) in [4.78, 5) is 11.7. The third kappa shape index (κ3) is 4.03. The first-order valence-corrected chi connectivity index (χ1v) is 6.94. The minimum Gasteiger partial charge on any atom is -0.353 e. The summed E-state index contributed by atoms with van der Waals surface area (Å²) in [5, 5.41) is 6.91. The molecule has 1 aliphatic carbocycles.